The van der Waals surface area contributed by atoms with Crippen molar-refractivity contribution in [1.82, 2.24) is 5.32 Å². The first-order chi connectivity index (χ1) is 9.54. The van der Waals surface area contributed by atoms with E-state index in [0.29, 0.717) is 25.6 Å². The Kier molecular flexibility index (Phi) is 4.81. The van der Waals surface area contributed by atoms with E-state index >= 15 is 0 Å². The molecule has 1 aromatic carbocycles. The number of fused-ring (bicyclic) bond motifs is 1. The van der Waals surface area contributed by atoms with Crippen molar-refractivity contribution in [3.63, 3.8) is 0 Å². The van der Waals surface area contributed by atoms with Crippen molar-refractivity contribution in [2.75, 3.05) is 13.2 Å². The summed E-state index contributed by atoms with van der Waals surface area (Å²) in [4.78, 5) is 11.4. The molecular weight excluding hydrogens is 250 g/mol. The fourth-order valence-corrected chi connectivity index (χ4v) is 3.00. The third-order valence-electron chi connectivity index (χ3n) is 4.17. The highest BCUT2D eigenvalue weighted by molar-refractivity contribution is 5.69. The van der Waals surface area contributed by atoms with E-state index in [0.717, 1.165) is 6.42 Å². The Morgan fingerprint density at radius 3 is 2.90 bits per heavy atom. The second-order valence-corrected chi connectivity index (χ2v) is 6.13. The predicted octanol–water partition coefficient (Wildman–Crippen LogP) is 3.24. The van der Waals surface area contributed by atoms with Crippen molar-refractivity contribution in [2.24, 2.45) is 5.41 Å². The van der Waals surface area contributed by atoms with Crippen molar-refractivity contribution in [2.45, 2.75) is 46.1 Å². The van der Waals surface area contributed by atoms with Gasteiger partial charge < -0.3 is 10.1 Å². The quantitative estimate of drug-likeness (QED) is 0.838. The maximum Gasteiger partial charge on any atom is 0.307 e. The van der Waals surface area contributed by atoms with E-state index in [1.165, 1.54) is 17.5 Å². The van der Waals surface area contributed by atoms with Crippen LogP contribution in [0.5, 0.6) is 0 Å². The van der Waals surface area contributed by atoms with Crippen LogP contribution >= 0.6 is 0 Å². The van der Waals surface area contributed by atoms with Gasteiger partial charge in [0.05, 0.1) is 13.0 Å². The monoisotopic (exact) mass is 275 g/mol. The van der Waals surface area contributed by atoms with Crippen LogP contribution in [-0.4, -0.2) is 19.1 Å². The average Bonchev–Trinajstić information content (AvgIpc) is 2.41. The fraction of sp³-hybridized carbons (Fsp3) is 0.588. The standard InChI is InChI=1S/C17H25NO2/c1-4-20-15(19)10-12-18-16-14-8-6-5-7-13(14)9-11-17(16,2)3/h5-8,16,18H,4,9-12H2,1-3H3. The normalized spacial score (nSPS) is 20.2. The zero-order valence-electron chi connectivity index (χ0n) is 12.7. The molecule has 3 heteroatoms. The number of ether oxygens (including phenoxy) is 1. The average molecular weight is 275 g/mol. The molecule has 1 unspecified atom stereocenters. The van der Waals surface area contributed by atoms with Gasteiger partial charge in [-0.2, -0.15) is 0 Å². The van der Waals surface area contributed by atoms with Crippen LogP contribution in [0.1, 0.15) is 50.8 Å². The molecule has 0 radical (unpaired) electrons. The highest BCUT2D eigenvalue weighted by Gasteiger charge is 2.35. The van der Waals surface area contributed by atoms with E-state index in [1.54, 1.807) is 0 Å². The molecule has 0 aromatic heterocycles. The molecule has 1 atom stereocenters. The fourth-order valence-electron chi connectivity index (χ4n) is 3.00. The molecule has 1 aromatic rings. The maximum atomic E-state index is 11.4. The SMILES string of the molecule is CCOC(=O)CCNC1c2ccccc2CCC1(C)C. The van der Waals surface area contributed by atoms with Crippen LogP contribution in [0, 0.1) is 5.41 Å². The molecule has 0 bridgehead atoms. The van der Waals surface area contributed by atoms with Crippen molar-refractivity contribution >= 4 is 5.97 Å². The van der Waals surface area contributed by atoms with Gasteiger partial charge in [0.1, 0.15) is 0 Å². The summed E-state index contributed by atoms with van der Waals surface area (Å²) in [5.74, 6) is -0.123. The van der Waals surface area contributed by atoms with E-state index in [1.807, 2.05) is 6.92 Å². The summed E-state index contributed by atoms with van der Waals surface area (Å²) in [7, 11) is 0. The van der Waals surface area contributed by atoms with Gasteiger partial charge in [-0.3, -0.25) is 4.79 Å². The van der Waals surface area contributed by atoms with E-state index in [-0.39, 0.29) is 11.4 Å². The second kappa shape index (κ2) is 6.40. The van der Waals surface area contributed by atoms with Crippen molar-refractivity contribution in [3.05, 3.63) is 35.4 Å². The molecule has 2 rings (SSSR count). The number of esters is 1. The summed E-state index contributed by atoms with van der Waals surface area (Å²) in [6.45, 7) is 7.56. The lowest BCUT2D eigenvalue weighted by molar-refractivity contribution is -0.143. The number of benzene rings is 1. The highest BCUT2D eigenvalue weighted by atomic mass is 16.5. The third kappa shape index (κ3) is 3.40. The minimum absolute atomic E-state index is 0.123. The van der Waals surface area contributed by atoms with Crippen LogP contribution < -0.4 is 5.32 Å². The smallest absolute Gasteiger partial charge is 0.307 e. The van der Waals surface area contributed by atoms with E-state index in [2.05, 4.69) is 43.4 Å². The van der Waals surface area contributed by atoms with Crippen molar-refractivity contribution < 1.29 is 9.53 Å². The summed E-state index contributed by atoms with van der Waals surface area (Å²) >= 11 is 0. The number of carbonyl (C=O) groups is 1. The van der Waals surface area contributed by atoms with Gasteiger partial charge in [-0.1, -0.05) is 38.1 Å². The Labute approximate surface area is 121 Å². The first kappa shape index (κ1) is 15.0. The zero-order chi connectivity index (χ0) is 14.6. The van der Waals surface area contributed by atoms with Gasteiger partial charge in [-0.05, 0) is 36.3 Å². The molecule has 0 saturated heterocycles. The van der Waals surface area contributed by atoms with E-state index in [9.17, 15) is 4.79 Å². The number of hydrogen-bond acceptors (Lipinski definition) is 3. The van der Waals surface area contributed by atoms with Crippen molar-refractivity contribution in [3.8, 4) is 0 Å². The number of nitrogens with one attached hydrogen (secondary N) is 1. The zero-order valence-corrected chi connectivity index (χ0v) is 12.7. The van der Waals surface area contributed by atoms with Gasteiger partial charge in [0.15, 0.2) is 0 Å². The summed E-state index contributed by atoms with van der Waals surface area (Å²) in [6.07, 6.45) is 2.74. The molecule has 0 spiro atoms. The molecule has 1 aliphatic rings. The predicted molar refractivity (Wildman–Crippen MR) is 80.5 cm³/mol. The molecule has 3 nitrogen and oxygen atoms in total. The van der Waals surface area contributed by atoms with Gasteiger partial charge >= 0.3 is 5.97 Å². The molecule has 20 heavy (non-hydrogen) atoms. The molecule has 0 saturated carbocycles. The molecule has 0 amide bonds. The topological polar surface area (TPSA) is 38.3 Å². The van der Waals surface area contributed by atoms with E-state index < -0.39 is 0 Å². The van der Waals surface area contributed by atoms with Crippen molar-refractivity contribution in [1.29, 1.82) is 0 Å². The lowest BCUT2D eigenvalue weighted by Crippen LogP contribution is -2.39. The number of aryl methyl sites for hydroxylation is 1. The van der Waals surface area contributed by atoms with Crippen LogP contribution in [0.4, 0.5) is 0 Å². The number of carbonyl (C=O) groups excluding carboxylic acids is 1. The molecule has 0 aliphatic heterocycles. The first-order valence-corrected chi connectivity index (χ1v) is 7.51. The minimum atomic E-state index is -0.123. The number of hydrogen-bond donors (Lipinski definition) is 1. The molecular formula is C17H25NO2. The Morgan fingerprint density at radius 1 is 1.40 bits per heavy atom. The van der Waals surface area contributed by atoms with Gasteiger partial charge in [0, 0.05) is 12.6 Å². The molecule has 0 heterocycles. The van der Waals surface area contributed by atoms with Gasteiger partial charge in [-0.15, -0.1) is 0 Å². The summed E-state index contributed by atoms with van der Waals surface area (Å²) in [5, 5.41) is 3.56. The molecule has 1 N–H and O–H groups in total. The highest BCUT2D eigenvalue weighted by Crippen LogP contribution is 2.43. The van der Waals surface area contributed by atoms with E-state index in [4.69, 9.17) is 4.74 Å². The molecule has 110 valence electrons. The summed E-state index contributed by atoms with van der Waals surface area (Å²) in [6, 6.07) is 8.93. The Morgan fingerprint density at radius 2 is 2.15 bits per heavy atom. The minimum Gasteiger partial charge on any atom is -0.466 e. The lowest BCUT2D eigenvalue weighted by atomic mass is 9.70. The molecule has 1 aliphatic carbocycles. The number of rotatable bonds is 5. The maximum absolute atomic E-state index is 11.4. The lowest BCUT2D eigenvalue weighted by Gasteiger charge is -2.40. The van der Waals surface area contributed by atoms with Crippen LogP contribution in [0.3, 0.4) is 0 Å². The Bertz CT molecular complexity index is 468. The summed E-state index contributed by atoms with van der Waals surface area (Å²) in [5.41, 5.74) is 3.02. The van der Waals surface area contributed by atoms with Crippen LogP contribution in [0.2, 0.25) is 0 Å². The van der Waals surface area contributed by atoms with Gasteiger partial charge in [0.2, 0.25) is 0 Å². The summed E-state index contributed by atoms with van der Waals surface area (Å²) < 4.78 is 4.97. The van der Waals surface area contributed by atoms with Gasteiger partial charge in [-0.25, -0.2) is 0 Å². The van der Waals surface area contributed by atoms with Gasteiger partial charge in [0.25, 0.3) is 0 Å². The largest absolute Gasteiger partial charge is 0.466 e. The first-order valence-electron chi connectivity index (χ1n) is 7.51. The second-order valence-electron chi connectivity index (χ2n) is 6.13. The van der Waals surface area contributed by atoms with Crippen LogP contribution in [0.25, 0.3) is 0 Å². The van der Waals surface area contributed by atoms with Crippen LogP contribution in [0.15, 0.2) is 24.3 Å². The third-order valence-corrected chi connectivity index (χ3v) is 4.17. The Hall–Kier alpha value is -1.35. The Balaban J connectivity index is 2.03. The van der Waals surface area contributed by atoms with Crippen LogP contribution in [-0.2, 0) is 16.0 Å². The molecule has 0 fully saturated rings.